The van der Waals surface area contributed by atoms with E-state index in [-0.39, 0.29) is 5.75 Å². The zero-order valence-electron chi connectivity index (χ0n) is 9.49. The highest BCUT2D eigenvalue weighted by atomic mass is 32.2. The van der Waals surface area contributed by atoms with E-state index in [1.54, 1.807) is 7.05 Å². The van der Waals surface area contributed by atoms with E-state index in [0.29, 0.717) is 19.5 Å². The SMILES string of the molecule is CNCCCS(=O)(=O)NCc1nc(C)cs1. The Balaban J connectivity index is 2.36. The summed E-state index contributed by atoms with van der Waals surface area (Å²) < 4.78 is 25.6. The Morgan fingerprint density at radius 1 is 1.50 bits per heavy atom. The second kappa shape index (κ2) is 6.29. The number of sulfonamides is 1. The van der Waals surface area contributed by atoms with Crippen molar-refractivity contribution in [2.24, 2.45) is 0 Å². The van der Waals surface area contributed by atoms with Gasteiger partial charge in [0.1, 0.15) is 5.01 Å². The van der Waals surface area contributed by atoms with Gasteiger partial charge in [0.2, 0.25) is 10.0 Å². The molecule has 0 saturated heterocycles. The third-order valence-electron chi connectivity index (χ3n) is 1.95. The van der Waals surface area contributed by atoms with Crippen LogP contribution >= 0.6 is 11.3 Å². The molecule has 0 radical (unpaired) electrons. The van der Waals surface area contributed by atoms with Crippen LogP contribution < -0.4 is 10.0 Å². The van der Waals surface area contributed by atoms with Gasteiger partial charge in [0.05, 0.1) is 12.3 Å². The molecular formula is C9H17N3O2S2. The molecule has 1 rings (SSSR count). The lowest BCUT2D eigenvalue weighted by molar-refractivity contribution is 0.577. The summed E-state index contributed by atoms with van der Waals surface area (Å²) in [5, 5.41) is 5.62. The summed E-state index contributed by atoms with van der Waals surface area (Å²) in [7, 11) is -1.36. The van der Waals surface area contributed by atoms with Gasteiger partial charge in [-0.25, -0.2) is 18.1 Å². The quantitative estimate of drug-likeness (QED) is 0.702. The number of hydrogen-bond donors (Lipinski definition) is 2. The summed E-state index contributed by atoms with van der Waals surface area (Å²) in [6.07, 6.45) is 0.614. The van der Waals surface area contributed by atoms with E-state index in [9.17, 15) is 8.42 Å². The summed E-state index contributed by atoms with van der Waals surface area (Å²) in [6, 6.07) is 0. The molecule has 2 N–H and O–H groups in total. The van der Waals surface area contributed by atoms with Gasteiger partial charge in [-0.2, -0.15) is 0 Å². The van der Waals surface area contributed by atoms with E-state index < -0.39 is 10.0 Å². The zero-order chi connectivity index (χ0) is 12.0. The van der Waals surface area contributed by atoms with Gasteiger partial charge in [0.15, 0.2) is 0 Å². The first-order valence-electron chi connectivity index (χ1n) is 5.06. The third kappa shape index (κ3) is 5.02. The molecule has 0 spiro atoms. The van der Waals surface area contributed by atoms with Gasteiger partial charge in [-0.3, -0.25) is 0 Å². The van der Waals surface area contributed by atoms with Crippen LogP contribution in [0.15, 0.2) is 5.38 Å². The average Bonchev–Trinajstić information content (AvgIpc) is 2.62. The van der Waals surface area contributed by atoms with Crippen molar-refractivity contribution < 1.29 is 8.42 Å². The summed E-state index contributed by atoms with van der Waals surface area (Å²) in [6.45, 7) is 2.89. The van der Waals surface area contributed by atoms with Crippen LogP contribution in [0.1, 0.15) is 17.1 Å². The van der Waals surface area contributed by atoms with Crippen LogP contribution in [0, 0.1) is 6.92 Å². The van der Waals surface area contributed by atoms with Gasteiger partial charge >= 0.3 is 0 Å². The van der Waals surface area contributed by atoms with Gasteiger partial charge in [0.25, 0.3) is 0 Å². The lowest BCUT2D eigenvalue weighted by atomic mass is 10.5. The molecule has 16 heavy (non-hydrogen) atoms. The van der Waals surface area contributed by atoms with Gasteiger partial charge in [-0.15, -0.1) is 11.3 Å². The lowest BCUT2D eigenvalue weighted by Gasteiger charge is -2.04. The number of rotatable bonds is 7. The molecule has 5 nitrogen and oxygen atoms in total. The van der Waals surface area contributed by atoms with E-state index in [1.165, 1.54) is 11.3 Å². The number of nitrogens with one attached hydrogen (secondary N) is 2. The molecule has 0 aliphatic carbocycles. The highest BCUT2D eigenvalue weighted by Crippen LogP contribution is 2.08. The lowest BCUT2D eigenvalue weighted by Crippen LogP contribution is -2.27. The van der Waals surface area contributed by atoms with Gasteiger partial charge in [0, 0.05) is 11.1 Å². The molecule has 1 aromatic heterocycles. The van der Waals surface area contributed by atoms with Crippen molar-refractivity contribution in [3.05, 3.63) is 16.1 Å². The first-order valence-corrected chi connectivity index (χ1v) is 7.59. The topological polar surface area (TPSA) is 71.1 Å². The van der Waals surface area contributed by atoms with Crippen molar-refractivity contribution in [2.75, 3.05) is 19.3 Å². The molecule has 92 valence electrons. The Morgan fingerprint density at radius 2 is 2.25 bits per heavy atom. The van der Waals surface area contributed by atoms with Crippen LogP contribution in [-0.4, -0.2) is 32.7 Å². The second-order valence-electron chi connectivity index (χ2n) is 3.48. The van der Waals surface area contributed by atoms with Crippen molar-refractivity contribution in [3.8, 4) is 0 Å². The molecule has 0 atom stereocenters. The number of aryl methyl sites for hydroxylation is 1. The summed E-state index contributed by atoms with van der Waals surface area (Å²) in [5.74, 6) is 0.151. The Labute approximate surface area is 100 Å². The molecule has 0 aliphatic heterocycles. The fraction of sp³-hybridized carbons (Fsp3) is 0.667. The zero-order valence-corrected chi connectivity index (χ0v) is 11.1. The Morgan fingerprint density at radius 3 is 2.81 bits per heavy atom. The molecule has 0 fully saturated rings. The summed E-state index contributed by atoms with van der Waals surface area (Å²) in [5.41, 5.74) is 0.925. The molecule has 0 amide bonds. The second-order valence-corrected chi connectivity index (χ2v) is 6.35. The molecule has 0 aromatic carbocycles. The van der Waals surface area contributed by atoms with E-state index in [0.717, 1.165) is 10.7 Å². The van der Waals surface area contributed by atoms with Crippen LogP contribution in [0.2, 0.25) is 0 Å². The maximum absolute atomic E-state index is 11.5. The largest absolute Gasteiger partial charge is 0.320 e. The molecule has 0 saturated carbocycles. The summed E-state index contributed by atoms with van der Waals surface area (Å²) in [4.78, 5) is 4.19. The van der Waals surface area contributed by atoms with E-state index >= 15 is 0 Å². The fourth-order valence-corrected chi connectivity index (χ4v) is 2.99. The minimum Gasteiger partial charge on any atom is -0.320 e. The van der Waals surface area contributed by atoms with Crippen molar-refractivity contribution in [3.63, 3.8) is 0 Å². The van der Waals surface area contributed by atoms with Gasteiger partial charge < -0.3 is 5.32 Å². The minimum absolute atomic E-state index is 0.151. The normalized spacial score (nSPS) is 11.9. The average molecular weight is 263 g/mol. The van der Waals surface area contributed by atoms with Gasteiger partial charge in [-0.05, 0) is 26.9 Å². The Bertz CT molecular complexity index is 414. The molecule has 1 heterocycles. The number of nitrogens with zero attached hydrogens (tertiary/aromatic N) is 1. The maximum atomic E-state index is 11.5. The first-order chi connectivity index (χ1) is 7.53. The van der Waals surface area contributed by atoms with E-state index in [1.807, 2.05) is 12.3 Å². The Hall–Kier alpha value is -0.500. The molecule has 1 aromatic rings. The standard InChI is InChI=1S/C9H17N3O2S2/c1-8-7-15-9(12-8)6-11-16(13,14)5-3-4-10-2/h7,10-11H,3-6H2,1-2H3. The van der Waals surface area contributed by atoms with Gasteiger partial charge in [-0.1, -0.05) is 0 Å². The van der Waals surface area contributed by atoms with Crippen LogP contribution in [0.25, 0.3) is 0 Å². The molecular weight excluding hydrogens is 246 g/mol. The highest BCUT2D eigenvalue weighted by molar-refractivity contribution is 7.89. The van der Waals surface area contributed by atoms with Crippen molar-refractivity contribution in [2.45, 2.75) is 19.9 Å². The molecule has 7 heteroatoms. The minimum atomic E-state index is -3.17. The summed E-state index contributed by atoms with van der Waals surface area (Å²) >= 11 is 1.47. The predicted octanol–water partition coefficient (Wildman–Crippen LogP) is 0.480. The first kappa shape index (κ1) is 13.6. The van der Waals surface area contributed by atoms with Crippen LogP contribution in [0.5, 0.6) is 0 Å². The Kier molecular flexibility index (Phi) is 5.33. The number of thiazole rings is 1. The number of hydrogen-bond acceptors (Lipinski definition) is 5. The van der Waals surface area contributed by atoms with Crippen molar-refractivity contribution in [1.82, 2.24) is 15.0 Å². The van der Waals surface area contributed by atoms with E-state index in [2.05, 4.69) is 15.0 Å². The fourth-order valence-electron chi connectivity index (χ4n) is 1.17. The number of aromatic nitrogens is 1. The van der Waals surface area contributed by atoms with Crippen molar-refractivity contribution >= 4 is 21.4 Å². The van der Waals surface area contributed by atoms with Crippen LogP contribution in [-0.2, 0) is 16.6 Å². The monoisotopic (exact) mass is 263 g/mol. The highest BCUT2D eigenvalue weighted by Gasteiger charge is 2.10. The maximum Gasteiger partial charge on any atom is 0.212 e. The molecule has 0 unspecified atom stereocenters. The molecule has 0 aliphatic rings. The third-order valence-corrected chi connectivity index (χ3v) is 4.33. The van der Waals surface area contributed by atoms with Crippen LogP contribution in [0.4, 0.5) is 0 Å². The van der Waals surface area contributed by atoms with Crippen LogP contribution in [0.3, 0.4) is 0 Å². The smallest absolute Gasteiger partial charge is 0.212 e. The molecule has 0 bridgehead atoms. The van der Waals surface area contributed by atoms with Crippen molar-refractivity contribution in [1.29, 1.82) is 0 Å². The predicted molar refractivity (Wildman–Crippen MR) is 66.0 cm³/mol. The van der Waals surface area contributed by atoms with E-state index in [4.69, 9.17) is 0 Å².